The highest BCUT2D eigenvalue weighted by Crippen LogP contribution is 2.39. The summed E-state index contributed by atoms with van der Waals surface area (Å²) in [6, 6.07) is 0. The van der Waals surface area contributed by atoms with Gasteiger partial charge in [-0.1, -0.05) is 13.0 Å². The Labute approximate surface area is 92.9 Å². The van der Waals surface area contributed by atoms with Crippen molar-refractivity contribution in [2.45, 2.75) is 52.1 Å². The number of hydrogen-bond donors (Lipinski definition) is 0. The summed E-state index contributed by atoms with van der Waals surface area (Å²) in [4.78, 5) is 4.03. The van der Waals surface area contributed by atoms with E-state index >= 15 is 0 Å². The van der Waals surface area contributed by atoms with Gasteiger partial charge in [0.15, 0.2) is 0 Å². The molecule has 0 atom stereocenters. The second kappa shape index (κ2) is 3.90. The minimum atomic E-state index is 0.194. The first-order valence-electron chi connectivity index (χ1n) is 5.38. The van der Waals surface area contributed by atoms with Crippen LogP contribution in [0.2, 0.25) is 0 Å². The van der Waals surface area contributed by atoms with Crippen LogP contribution in [-0.2, 0) is 0 Å². The van der Waals surface area contributed by atoms with Crippen LogP contribution in [0.1, 0.15) is 41.0 Å². The van der Waals surface area contributed by atoms with E-state index in [9.17, 15) is 0 Å². The summed E-state index contributed by atoms with van der Waals surface area (Å²) >= 11 is 1.99. The van der Waals surface area contributed by atoms with E-state index in [0.717, 1.165) is 0 Å². The highest BCUT2D eigenvalue weighted by Gasteiger charge is 2.38. The van der Waals surface area contributed by atoms with Crippen LogP contribution in [0, 0.1) is 0 Å². The Morgan fingerprint density at radius 2 is 1.93 bits per heavy atom. The van der Waals surface area contributed by atoms with E-state index in [4.69, 9.17) is 0 Å². The topological polar surface area (TPSA) is 3.24 Å². The molecule has 0 saturated heterocycles. The quantitative estimate of drug-likeness (QED) is 0.690. The van der Waals surface area contributed by atoms with Crippen molar-refractivity contribution in [2.24, 2.45) is 0 Å². The Hall–Kier alpha value is 0.0500. The molecule has 0 bridgehead atoms. The van der Waals surface area contributed by atoms with Gasteiger partial charge in [-0.15, -0.1) is 11.8 Å². The van der Waals surface area contributed by atoms with Gasteiger partial charge in [0.2, 0.25) is 0 Å². The fourth-order valence-electron chi connectivity index (χ4n) is 2.14. The molecular formula is C12H23NS. The second-order valence-electron chi connectivity index (χ2n) is 5.25. The summed E-state index contributed by atoms with van der Waals surface area (Å²) in [7, 11) is 2.23. The van der Waals surface area contributed by atoms with Gasteiger partial charge in [-0.3, -0.25) is 4.90 Å². The number of hydrogen-bond acceptors (Lipinski definition) is 2. The molecule has 0 unspecified atom stereocenters. The van der Waals surface area contributed by atoms with Crippen LogP contribution in [-0.4, -0.2) is 28.8 Å². The van der Waals surface area contributed by atoms with Crippen molar-refractivity contribution in [3.8, 4) is 0 Å². The zero-order valence-corrected chi connectivity index (χ0v) is 11.2. The van der Waals surface area contributed by atoms with Gasteiger partial charge in [-0.2, -0.15) is 0 Å². The van der Waals surface area contributed by atoms with Gasteiger partial charge in [-0.25, -0.2) is 0 Å². The van der Waals surface area contributed by atoms with Gasteiger partial charge in [0.05, 0.1) is 0 Å². The zero-order valence-electron chi connectivity index (χ0n) is 10.3. The number of thioether (sulfide) groups is 1. The molecule has 0 aromatic heterocycles. The summed E-state index contributed by atoms with van der Waals surface area (Å²) < 4.78 is 0. The maximum absolute atomic E-state index is 2.47. The van der Waals surface area contributed by atoms with Gasteiger partial charge >= 0.3 is 0 Å². The predicted octanol–water partition coefficient (Wildman–Crippen LogP) is 3.52. The third-order valence-corrected chi connectivity index (χ3v) is 4.14. The molecule has 1 aliphatic heterocycles. The summed E-state index contributed by atoms with van der Waals surface area (Å²) in [6.45, 7) is 11.5. The molecule has 1 nitrogen and oxygen atoms in total. The van der Waals surface area contributed by atoms with Gasteiger partial charge < -0.3 is 0 Å². The SMILES string of the molecule is CCSC1=CC(C)(C)N(C)C(C)(C)C1. The van der Waals surface area contributed by atoms with E-state index in [1.165, 1.54) is 12.2 Å². The molecule has 82 valence electrons. The van der Waals surface area contributed by atoms with E-state index in [-0.39, 0.29) is 11.1 Å². The average Bonchev–Trinajstić information content (AvgIpc) is 1.99. The maximum Gasteiger partial charge on any atom is 0.0347 e. The van der Waals surface area contributed by atoms with E-state index in [1.54, 1.807) is 4.91 Å². The third kappa shape index (κ3) is 2.34. The van der Waals surface area contributed by atoms with Gasteiger partial charge in [0.25, 0.3) is 0 Å². The lowest BCUT2D eigenvalue weighted by Gasteiger charge is -2.49. The fraction of sp³-hybridized carbons (Fsp3) is 0.833. The van der Waals surface area contributed by atoms with Crippen molar-refractivity contribution in [2.75, 3.05) is 12.8 Å². The molecule has 2 heteroatoms. The highest BCUT2D eigenvalue weighted by molar-refractivity contribution is 8.03. The molecule has 0 spiro atoms. The van der Waals surface area contributed by atoms with E-state index < -0.39 is 0 Å². The molecule has 0 fully saturated rings. The van der Waals surface area contributed by atoms with Crippen molar-refractivity contribution >= 4 is 11.8 Å². The molecule has 0 N–H and O–H groups in total. The van der Waals surface area contributed by atoms with E-state index in [2.05, 4.69) is 52.6 Å². The van der Waals surface area contributed by atoms with Crippen LogP contribution in [0.15, 0.2) is 11.0 Å². The first kappa shape index (κ1) is 12.1. The second-order valence-corrected chi connectivity index (χ2v) is 6.64. The molecule has 14 heavy (non-hydrogen) atoms. The Bertz CT molecular complexity index is 241. The Morgan fingerprint density at radius 1 is 1.36 bits per heavy atom. The van der Waals surface area contributed by atoms with Gasteiger partial charge in [0, 0.05) is 11.1 Å². The Balaban J connectivity index is 2.94. The average molecular weight is 213 g/mol. The molecule has 0 saturated carbocycles. The lowest BCUT2D eigenvalue weighted by Crippen LogP contribution is -2.54. The van der Waals surface area contributed by atoms with Crippen molar-refractivity contribution in [3.63, 3.8) is 0 Å². The Kier molecular flexibility index (Phi) is 3.37. The van der Waals surface area contributed by atoms with Crippen LogP contribution < -0.4 is 0 Å². The van der Waals surface area contributed by atoms with Gasteiger partial charge in [0.1, 0.15) is 0 Å². The smallest absolute Gasteiger partial charge is 0.0347 e. The highest BCUT2D eigenvalue weighted by atomic mass is 32.2. The lowest BCUT2D eigenvalue weighted by atomic mass is 9.86. The molecule has 0 aromatic carbocycles. The molecule has 1 heterocycles. The molecule has 0 aliphatic carbocycles. The minimum Gasteiger partial charge on any atom is -0.292 e. The standard InChI is InChI=1S/C12H23NS/c1-7-14-10-8-11(2,3)13(6)12(4,5)9-10/h8H,7,9H2,1-6H3. The molecular weight excluding hydrogens is 190 g/mol. The van der Waals surface area contributed by atoms with Crippen molar-refractivity contribution < 1.29 is 0 Å². The van der Waals surface area contributed by atoms with Crippen molar-refractivity contribution in [1.29, 1.82) is 0 Å². The molecule has 0 aromatic rings. The van der Waals surface area contributed by atoms with E-state index in [1.807, 2.05) is 11.8 Å². The van der Waals surface area contributed by atoms with E-state index in [0.29, 0.717) is 0 Å². The third-order valence-electron chi connectivity index (χ3n) is 3.22. The van der Waals surface area contributed by atoms with Crippen LogP contribution in [0.25, 0.3) is 0 Å². The molecule has 0 amide bonds. The molecule has 1 aliphatic rings. The maximum atomic E-state index is 2.47. The minimum absolute atomic E-state index is 0.194. The number of rotatable bonds is 2. The lowest BCUT2D eigenvalue weighted by molar-refractivity contribution is 0.0650. The first-order chi connectivity index (χ1) is 6.29. The normalized spacial score (nSPS) is 26.0. The first-order valence-corrected chi connectivity index (χ1v) is 6.36. The van der Waals surface area contributed by atoms with Crippen LogP contribution in [0.3, 0.4) is 0 Å². The zero-order chi connectivity index (χ0) is 11.0. The van der Waals surface area contributed by atoms with Crippen molar-refractivity contribution in [1.82, 2.24) is 4.90 Å². The predicted molar refractivity (Wildman–Crippen MR) is 66.8 cm³/mol. The summed E-state index contributed by atoms with van der Waals surface area (Å²) in [5.74, 6) is 1.18. The van der Waals surface area contributed by atoms with Gasteiger partial charge in [-0.05, 0) is 51.8 Å². The summed E-state index contributed by atoms with van der Waals surface area (Å²) in [5.41, 5.74) is 0.481. The summed E-state index contributed by atoms with van der Waals surface area (Å²) in [5, 5.41) is 0. The monoisotopic (exact) mass is 213 g/mol. The largest absolute Gasteiger partial charge is 0.292 e. The fourth-order valence-corrected chi connectivity index (χ4v) is 3.34. The molecule has 1 rings (SSSR count). The Morgan fingerprint density at radius 3 is 2.36 bits per heavy atom. The van der Waals surface area contributed by atoms with Crippen LogP contribution in [0.5, 0.6) is 0 Å². The van der Waals surface area contributed by atoms with Crippen molar-refractivity contribution in [3.05, 3.63) is 11.0 Å². The van der Waals surface area contributed by atoms with Crippen LogP contribution >= 0.6 is 11.8 Å². The summed E-state index contributed by atoms with van der Waals surface area (Å²) in [6.07, 6.45) is 3.61. The van der Waals surface area contributed by atoms with Crippen LogP contribution in [0.4, 0.5) is 0 Å². The number of nitrogens with zero attached hydrogens (tertiary/aromatic N) is 1. The molecule has 0 radical (unpaired) electrons. The number of likely N-dealkylation sites (N-methyl/N-ethyl adjacent to an activating group) is 1.